The fraction of sp³-hybridized carbons (Fsp3) is 0.100. The number of benzene rings is 2. The maximum absolute atomic E-state index is 12.6. The van der Waals surface area contributed by atoms with Crippen LogP contribution < -0.4 is 5.32 Å². The van der Waals surface area contributed by atoms with Gasteiger partial charge in [0.15, 0.2) is 0 Å². The van der Waals surface area contributed by atoms with Crippen molar-refractivity contribution in [1.82, 2.24) is 4.98 Å². The molecule has 6 heteroatoms. The number of carbonyl (C=O) groups is 1. The molecule has 0 radical (unpaired) electrons. The summed E-state index contributed by atoms with van der Waals surface area (Å²) in [5.74, 6) is -0.507. The lowest BCUT2D eigenvalue weighted by atomic mass is 10.0. The van der Waals surface area contributed by atoms with Crippen LogP contribution in [-0.4, -0.2) is 19.3 Å². The molecule has 1 atom stereocenters. The fourth-order valence-corrected chi connectivity index (χ4v) is 4.82. The summed E-state index contributed by atoms with van der Waals surface area (Å²) >= 11 is 0. The van der Waals surface area contributed by atoms with Crippen molar-refractivity contribution in [1.29, 1.82) is 0 Å². The molecule has 1 aliphatic rings. The van der Waals surface area contributed by atoms with Crippen LogP contribution in [0.25, 0.3) is 11.1 Å². The van der Waals surface area contributed by atoms with Crippen LogP contribution in [0.5, 0.6) is 0 Å². The van der Waals surface area contributed by atoms with E-state index >= 15 is 0 Å². The molecule has 0 saturated carbocycles. The Bertz CT molecular complexity index is 1110. The molecule has 0 saturated heterocycles. The Morgan fingerprint density at radius 1 is 0.962 bits per heavy atom. The lowest BCUT2D eigenvalue weighted by Crippen LogP contribution is -2.18. The third-order valence-electron chi connectivity index (χ3n) is 4.60. The maximum Gasteiger partial charge on any atom is 0.231 e. The first-order valence-electron chi connectivity index (χ1n) is 8.18. The van der Waals surface area contributed by atoms with Crippen molar-refractivity contribution < 1.29 is 13.2 Å². The van der Waals surface area contributed by atoms with Gasteiger partial charge in [0.2, 0.25) is 15.7 Å². The monoisotopic (exact) mass is 364 g/mol. The molecule has 1 aromatic heterocycles. The maximum atomic E-state index is 12.6. The predicted molar refractivity (Wildman–Crippen MR) is 98.6 cm³/mol. The molecule has 130 valence electrons. The summed E-state index contributed by atoms with van der Waals surface area (Å²) in [6.45, 7) is 1.82. The van der Waals surface area contributed by atoms with E-state index in [2.05, 4.69) is 10.3 Å². The summed E-state index contributed by atoms with van der Waals surface area (Å²) in [6.07, 6.45) is 3.30. The summed E-state index contributed by atoms with van der Waals surface area (Å²) in [5, 5.41) is 2.87. The van der Waals surface area contributed by atoms with Crippen LogP contribution in [0.3, 0.4) is 0 Å². The van der Waals surface area contributed by atoms with E-state index in [1.165, 1.54) is 0 Å². The number of hydrogen-bond donors (Lipinski definition) is 1. The van der Waals surface area contributed by atoms with Crippen molar-refractivity contribution in [3.05, 3.63) is 72.6 Å². The second-order valence-corrected chi connectivity index (χ2v) is 8.09. The zero-order valence-electron chi connectivity index (χ0n) is 14.0. The first-order chi connectivity index (χ1) is 12.5. The number of fused-ring (bicyclic) bond motifs is 3. The third-order valence-corrected chi connectivity index (χ3v) is 6.47. The van der Waals surface area contributed by atoms with Crippen molar-refractivity contribution >= 4 is 21.4 Å². The zero-order valence-corrected chi connectivity index (χ0v) is 14.8. The van der Waals surface area contributed by atoms with E-state index < -0.39 is 9.84 Å². The van der Waals surface area contributed by atoms with Crippen LogP contribution in [0.15, 0.2) is 76.8 Å². The van der Waals surface area contributed by atoms with E-state index in [4.69, 9.17) is 0 Å². The molecular formula is C20H16N2O3S. The second kappa shape index (κ2) is 6.07. The molecule has 0 fully saturated rings. The Morgan fingerprint density at radius 3 is 2.42 bits per heavy atom. The largest absolute Gasteiger partial charge is 0.326 e. The molecule has 1 aliphatic heterocycles. The Labute approximate surface area is 151 Å². The number of rotatable bonds is 3. The Kier molecular flexibility index (Phi) is 3.85. The number of aromatic nitrogens is 1. The highest BCUT2D eigenvalue weighted by molar-refractivity contribution is 7.92. The minimum absolute atomic E-state index is 0.162. The highest BCUT2D eigenvalue weighted by Crippen LogP contribution is 2.43. The molecule has 1 amide bonds. The van der Waals surface area contributed by atoms with E-state index in [1.54, 1.807) is 67.0 Å². The first-order valence-corrected chi connectivity index (χ1v) is 9.66. The van der Waals surface area contributed by atoms with Crippen molar-refractivity contribution in [2.75, 3.05) is 5.32 Å². The number of anilines is 1. The third kappa shape index (κ3) is 2.59. The molecule has 0 spiro atoms. The van der Waals surface area contributed by atoms with Gasteiger partial charge in [-0.15, -0.1) is 0 Å². The van der Waals surface area contributed by atoms with Crippen LogP contribution >= 0.6 is 0 Å². The topological polar surface area (TPSA) is 76.1 Å². The average Bonchev–Trinajstić information content (AvgIpc) is 2.89. The number of carbonyl (C=O) groups excluding carboxylic acids is 1. The minimum atomic E-state index is -3.49. The fourth-order valence-electron chi connectivity index (χ4n) is 3.15. The number of hydrogen-bond acceptors (Lipinski definition) is 4. The number of nitrogens with zero attached hydrogens (tertiary/aromatic N) is 1. The van der Waals surface area contributed by atoms with Crippen LogP contribution in [-0.2, 0) is 14.6 Å². The van der Waals surface area contributed by atoms with Gasteiger partial charge in [-0.1, -0.05) is 18.2 Å². The average molecular weight is 364 g/mol. The first kappa shape index (κ1) is 16.5. The van der Waals surface area contributed by atoms with Gasteiger partial charge in [-0.05, 0) is 48.9 Å². The van der Waals surface area contributed by atoms with E-state index in [0.717, 1.165) is 5.56 Å². The molecule has 2 heterocycles. The number of pyridine rings is 1. The van der Waals surface area contributed by atoms with Crippen molar-refractivity contribution in [3.63, 3.8) is 0 Å². The Balaban J connectivity index is 1.67. The SMILES string of the molecule is CC(C(=O)Nc1ccc2c(c1)-c1ccccc1S2(=O)=O)c1ccncc1. The molecule has 5 nitrogen and oxygen atoms in total. The molecular weight excluding hydrogens is 348 g/mol. The summed E-state index contributed by atoms with van der Waals surface area (Å²) in [6, 6.07) is 15.4. The quantitative estimate of drug-likeness (QED) is 0.602. The van der Waals surface area contributed by atoms with E-state index in [0.29, 0.717) is 21.7 Å². The lowest BCUT2D eigenvalue weighted by molar-refractivity contribution is -0.117. The number of amides is 1. The molecule has 0 aliphatic carbocycles. The molecule has 0 bridgehead atoms. The van der Waals surface area contributed by atoms with E-state index in [9.17, 15) is 13.2 Å². The van der Waals surface area contributed by atoms with Gasteiger partial charge in [-0.2, -0.15) is 0 Å². The second-order valence-electron chi connectivity index (χ2n) is 6.20. The summed E-state index contributed by atoms with van der Waals surface area (Å²) in [4.78, 5) is 17.1. The Morgan fingerprint density at radius 2 is 1.65 bits per heavy atom. The van der Waals surface area contributed by atoms with Crippen molar-refractivity contribution in [3.8, 4) is 11.1 Å². The molecule has 1 unspecified atom stereocenters. The molecule has 26 heavy (non-hydrogen) atoms. The van der Waals surface area contributed by atoms with Crippen molar-refractivity contribution in [2.24, 2.45) is 0 Å². The van der Waals surface area contributed by atoms with Gasteiger partial charge in [-0.25, -0.2) is 8.42 Å². The normalized spacial score (nSPS) is 15.0. The van der Waals surface area contributed by atoms with Crippen LogP contribution in [0, 0.1) is 0 Å². The van der Waals surface area contributed by atoms with E-state index in [1.807, 2.05) is 6.92 Å². The summed E-state index contributed by atoms with van der Waals surface area (Å²) in [7, 11) is -3.49. The zero-order chi connectivity index (χ0) is 18.3. The lowest BCUT2D eigenvalue weighted by Gasteiger charge is -2.13. The predicted octanol–water partition coefficient (Wildman–Crippen LogP) is 3.64. The smallest absolute Gasteiger partial charge is 0.231 e. The van der Waals surface area contributed by atoms with Gasteiger partial charge < -0.3 is 5.32 Å². The van der Waals surface area contributed by atoms with Crippen LogP contribution in [0.4, 0.5) is 5.69 Å². The summed E-state index contributed by atoms with van der Waals surface area (Å²) in [5.41, 5.74) is 2.73. The molecule has 2 aromatic carbocycles. The highest BCUT2D eigenvalue weighted by atomic mass is 32.2. The summed E-state index contributed by atoms with van der Waals surface area (Å²) < 4.78 is 25.2. The van der Waals surface area contributed by atoms with Gasteiger partial charge in [0.1, 0.15) is 0 Å². The highest BCUT2D eigenvalue weighted by Gasteiger charge is 2.32. The van der Waals surface area contributed by atoms with Crippen LogP contribution in [0.2, 0.25) is 0 Å². The van der Waals surface area contributed by atoms with Crippen molar-refractivity contribution in [2.45, 2.75) is 22.6 Å². The van der Waals surface area contributed by atoms with Gasteiger partial charge >= 0.3 is 0 Å². The molecule has 4 rings (SSSR count). The minimum Gasteiger partial charge on any atom is -0.326 e. The molecule has 3 aromatic rings. The van der Waals surface area contributed by atoms with Gasteiger partial charge in [0.05, 0.1) is 15.7 Å². The number of nitrogens with one attached hydrogen (secondary N) is 1. The van der Waals surface area contributed by atoms with Crippen LogP contribution in [0.1, 0.15) is 18.4 Å². The van der Waals surface area contributed by atoms with Gasteiger partial charge in [-0.3, -0.25) is 9.78 Å². The Hall–Kier alpha value is -2.99. The molecule has 1 N–H and O–H groups in total. The standard InChI is InChI=1S/C20H16N2O3S/c1-13(14-8-10-21-11-9-14)20(23)22-15-6-7-19-17(12-15)16-4-2-3-5-18(16)26(19,24)25/h2-13H,1H3,(H,22,23). The number of sulfone groups is 1. The van der Waals surface area contributed by atoms with Gasteiger partial charge in [0.25, 0.3) is 0 Å². The van der Waals surface area contributed by atoms with Gasteiger partial charge in [0, 0.05) is 29.2 Å². The van der Waals surface area contributed by atoms with E-state index in [-0.39, 0.29) is 16.7 Å².